The van der Waals surface area contributed by atoms with E-state index in [9.17, 15) is 9.59 Å². The molecule has 2 heterocycles. The maximum absolute atomic E-state index is 12.3. The van der Waals surface area contributed by atoms with Crippen LogP contribution in [0.3, 0.4) is 0 Å². The van der Waals surface area contributed by atoms with Crippen molar-refractivity contribution in [2.75, 3.05) is 0 Å². The molecule has 1 aromatic carbocycles. The lowest BCUT2D eigenvalue weighted by molar-refractivity contribution is 0.103. The van der Waals surface area contributed by atoms with Crippen molar-refractivity contribution in [3.8, 4) is 0 Å². The average Bonchev–Trinajstić information content (AvgIpc) is 2.96. The Hall–Kier alpha value is -2.27. The molecule has 0 radical (unpaired) electrons. The Labute approximate surface area is 113 Å². The van der Waals surface area contributed by atoms with Gasteiger partial charge in [-0.25, -0.2) is 4.98 Å². The number of carbonyl (C=O) groups is 1. The monoisotopic (exact) mass is 270 g/mol. The highest BCUT2D eigenvalue weighted by Gasteiger charge is 2.18. The minimum atomic E-state index is -0.364. The zero-order chi connectivity index (χ0) is 13.4. The van der Waals surface area contributed by atoms with Crippen molar-refractivity contribution in [2.24, 2.45) is 7.05 Å². The fourth-order valence-electron chi connectivity index (χ4n) is 1.95. The molecule has 5 heteroatoms. The third-order valence-corrected chi connectivity index (χ3v) is 3.81. The number of hydrogen-bond acceptors (Lipinski definition) is 4. The maximum atomic E-state index is 12.3. The second-order valence-corrected chi connectivity index (χ2v) is 5.07. The number of aryl methyl sites for hydroxylation is 1. The zero-order valence-electron chi connectivity index (χ0n) is 10.2. The molecule has 3 aromatic rings. The van der Waals surface area contributed by atoms with Crippen molar-refractivity contribution in [3.63, 3.8) is 0 Å². The van der Waals surface area contributed by atoms with E-state index in [4.69, 9.17) is 0 Å². The van der Waals surface area contributed by atoms with Crippen LogP contribution in [0.5, 0.6) is 0 Å². The van der Waals surface area contributed by atoms with Gasteiger partial charge in [-0.2, -0.15) is 0 Å². The van der Waals surface area contributed by atoms with Gasteiger partial charge in [0.05, 0.1) is 15.9 Å². The van der Waals surface area contributed by atoms with Gasteiger partial charge in [0.1, 0.15) is 0 Å². The first-order valence-electron chi connectivity index (χ1n) is 5.72. The number of hydrogen-bond donors (Lipinski definition) is 0. The van der Waals surface area contributed by atoms with Gasteiger partial charge in [0.2, 0.25) is 5.78 Å². The molecule has 0 atom stereocenters. The first-order valence-corrected chi connectivity index (χ1v) is 6.60. The van der Waals surface area contributed by atoms with Gasteiger partial charge in [-0.15, -0.1) is 11.3 Å². The van der Waals surface area contributed by atoms with Crippen molar-refractivity contribution in [3.05, 3.63) is 62.7 Å². The fourth-order valence-corrected chi connectivity index (χ4v) is 2.62. The van der Waals surface area contributed by atoms with Crippen molar-refractivity contribution < 1.29 is 4.79 Å². The largest absolute Gasteiger partial charge is 0.308 e. The third-order valence-electron chi connectivity index (χ3n) is 2.94. The summed E-state index contributed by atoms with van der Waals surface area (Å²) in [5, 5.41) is 1.80. The number of para-hydroxylation sites is 2. The Morgan fingerprint density at radius 3 is 2.74 bits per heavy atom. The number of carbonyl (C=O) groups excluding carboxylic acids is 1. The highest BCUT2D eigenvalue weighted by atomic mass is 32.1. The van der Waals surface area contributed by atoms with Crippen molar-refractivity contribution in [1.82, 2.24) is 9.55 Å². The van der Waals surface area contributed by atoms with Crippen molar-refractivity contribution in [1.29, 1.82) is 0 Å². The number of benzene rings is 1. The Morgan fingerprint density at radius 2 is 2.00 bits per heavy atom. The molecule has 94 valence electrons. The number of ketones is 1. The van der Waals surface area contributed by atoms with Crippen LogP contribution in [0.1, 0.15) is 15.4 Å². The topological polar surface area (TPSA) is 52.0 Å². The molecular weight excluding hydrogens is 260 g/mol. The predicted octanol–water partition coefficient (Wildman–Crippen LogP) is 2.23. The first-order chi connectivity index (χ1) is 9.18. The van der Waals surface area contributed by atoms with E-state index in [0.717, 1.165) is 5.52 Å². The summed E-state index contributed by atoms with van der Waals surface area (Å²) in [5.41, 5.74) is 0.973. The molecule has 4 nitrogen and oxygen atoms in total. The Balaban J connectivity index is 2.28. The molecular formula is C14H10N2O2S. The van der Waals surface area contributed by atoms with Crippen molar-refractivity contribution >= 4 is 28.2 Å². The Morgan fingerprint density at radius 1 is 1.21 bits per heavy atom. The van der Waals surface area contributed by atoms with Crippen LogP contribution in [0.2, 0.25) is 0 Å². The minimum Gasteiger partial charge on any atom is -0.308 e. The van der Waals surface area contributed by atoms with Gasteiger partial charge >= 0.3 is 0 Å². The van der Waals surface area contributed by atoms with Crippen LogP contribution < -0.4 is 5.56 Å². The van der Waals surface area contributed by atoms with Gasteiger partial charge < -0.3 is 4.57 Å². The lowest BCUT2D eigenvalue weighted by atomic mass is 10.2. The molecule has 0 saturated carbocycles. The summed E-state index contributed by atoms with van der Waals surface area (Å²) < 4.78 is 1.46. The molecule has 0 aliphatic heterocycles. The predicted molar refractivity (Wildman–Crippen MR) is 74.7 cm³/mol. The lowest BCUT2D eigenvalue weighted by Crippen LogP contribution is -2.26. The molecule has 2 aromatic heterocycles. The first kappa shape index (κ1) is 11.8. The molecule has 0 bridgehead atoms. The second kappa shape index (κ2) is 4.44. The van der Waals surface area contributed by atoms with Crippen LogP contribution in [0.15, 0.2) is 46.6 Å². The zero-order valence-corrected chi connectivity index (χ0v) is 11.0. The maximum Gasteiger partial charge on any atom is 0.280 e. The summed E-state index contributed by atoms with van der Waals surface area (Å²) in [5.74, 6) is -0.318. The Bertz CT molecular complexity index is 819. The summed E-state index contributed by atoms with van der Waals surface area (Å²) in [6.45, 7) is 0. The summed E-state index contributed by atoms with van der Waals surface area (Å²) in [6.07, 6.45) is 0. The van der Waals surface area contributed by atoms with Gasteiger partial charge in [0.25, 0.3) is 5.56 Å². The number of aromatic nitrogens is 2. The fraction of sp³-hybridized carbons (Fsp3) is 0.0714. The number of fused-ring (bicyclic) bond motifs is 1. The van der Waals surface area contributed by atoms with Crippen LogP contribution in [-0.2, 0) is 7.05 Å². The summed E-state index contributed by atoms with van der Waals surface area (Å²) in [4.78, 5) is 29.2. The SMILES string of the molecule is Cn1c(=O)c(C(=O)c2cccs2)nc2ccccc21. The Kier molecular flexibility index (Phi) is 2.76. The molecule has 0 spiro atoms. The van der Waals surface area contributed by atoms with Gasteiger partial charge in [0, 0.05) is 7.05 Å². The molecule has 0 fully saturated rings. The number of rotatable bonds is 2. The standard InChI is InChI=1S/C14H10N2O2S/c1-16-10-6-3-2-5-9(10)15-12(14(16)18)13(17)11-7-4-8-19-11/h2-8H,1H3. The van der Waals surface area contributed by atoms with Crippen LogP contribution in [0.4, 0.5) is 0 Å². The average molecular weight is 270 g/mol. The molecule has 0 aliphatic rings. The minimum absolute atomic E-state index is 0.0244. The van der Waals surface area contributed by atoms with E-state index in [2.05, 4.69) is 4.98 Å². The number of thiophene rings is 1. The molecule has 3 rings (SSSR count). The summed E-state index contributed by atoms with van der Waals surface area (Å²) >= 11 is 1.31. The molecule has 0 aliphatic carbocycles. The van der Waals surface area contributed by atoms with Gasteiger partial charge in [-0.05, 0) is 23.6 Å². The van der Waals surface area contributed by atoms with E-state index in [0.29, 0.717) is 10.4 Å². The van der Waals surface area contributed by atoms with Crippen LogP contribution in [0, 0.1) is 0 Å². The van der Waals surface area contributed by atoms with E-state index in [-0.39, 0.29) is 17.0 Å². The quantitative estimate of drug-likeness (QED) is 0.671. The molecule has 0 unspecified atom stereocenters. The molecule has 0 amide bonds. The third kappa shape index (κ3) is 1.88. The lowest BCUT2D eigenvalue weighted by Gasteiger charge is -2.06. The van der Waals surface area contributed by atoms with Crippen LogP contribution in [-0.4, -0.2) is 15.3 Å². The van der Waals surface area contributed by atoms with Gasteiger partial charge in [-0.3, -0.25) is 9.59 Å². The van der Waals surface area contributed by atoms with E-state index in [1.807, 2.05) is 18.2 Å². The summed E-state index contributed by atoms with van der Waals surface area (Å²) in [7, 11) is 1.65. The van der Waals surface area contributed by atoms with Crippen molar-refractivity contribution in [2.45, 2.75) is 0 Å². The smallest absolute Gasteiger partial charge is 0.280 e. The molecule has 0 N–H and O–H groups in total. The second-order valence-electron chi connectivity index (χ2n) is 4.12. The highest BCUT2D eigenvalue weighted by Crippen LogP contribution is 2.14. The normalized spacial score (nSPS) is 10.8. The van der Waals surface area contributed by atoms with Gasteiger partial charge in [-0.1, -0.05) is 18.2 Å². The number of nitrogens with zero attached hydrogens (tertiary/aromatic N) is 2. The van der Waals surface area contributed by atoms with Gasteiger partial charge in [0.15, 0.2) is 5.69 Å². The van der Waals surface area contributed by atoms with E-state index in [1.54, 1.807) is 30.6 Å². The van der Waals surface area contributed by atoms with E-state index >= 15 is 0 Å². The highest BCUT2D eigenvalue weighted by molar-refractivity contribution is 7.12. The summed E-state index contributed by atoms with van der Waals surface area (Å²) in [6, 6.07) is 10.7. The van der Waals surface area contributed by atoms with Crippen LogP contribution >= 0.6 is 11.3 Å². The van der Waals surface area contributed by atoms with Crippen LogP contribution in [0.25, 0.3) is 11.0 Å². The van der Waals surface area contributed by atoms with E-state index in [1.165, 1.54) is 15.9 Å². The molecule has 0 saturated heterocycles. The molecule has 19 heavy (non-hydrogen) atoms. The van der Waals surface area contributed by atoms with E-state index < -0.39 is 0 Å².